The second-order valence-corrected chi connectivity index (χ2v) is 6.39. The lowest BCUT2D eigenvalue weighted by Gasteiger charge is -2.33. The monoisotopic (exact) mass is 327 g/mol. The maximum absolute atomic E-state index is 13.0. The summed E-state index contributed by atoms with van der Waals surface area (Å²) in [4.78, 5) is 25.6. The molecule has 7 heteroatoms. The van der Waals surface area contributed by atoms with Crippen LogP contribution in [0.5, 0.6) is 0 Å². The molecular formula is C17H21N5O2. The van der Waals surface area contributed by atoms with E-state index in [9.17, 15) is 4.79 Å². The van der Waals surface area contributed by atoms with Crippen molar-refractivity contribution >= 4 is 11.6 Å². The number of likely N-dealkylation sites (tertiary alicyclic amines) is 1. The van der Waals surface area contributed by atoms with E-state index in [2.05, 4.69) is 20.0 Å². The van der Waals surface area contributed by atoms with E-state index in [4.69, 9.17) is 4.52 Å². The molecule has 2 aromatic heterocycles. The molecule has 126 valence electrons. The van der Waals surface area contributed by atoms with Crippen LogP contribution in [0.2, 0.25) is 0 Å². The summed E-state index contributed by atoms with van der Waals surface area (Å²) >= 11 is 0. The minimum Gasteiger partial charge on any atom is -0.371 e. The number of rotatable bonds is 3. The van der Waals surface area contributed by atoms with E-state index in [1.165, 1.54) is 19.2 Å². The van der Waals surface area contributed by atoms with E-state index in [1.54, 1.807) is 6.20 Å². The Balaban J connectivity index is 1.58. The van der Waals surface area contributed by atoms with Crippen LogP contribution in [0.15, 0.2) is 29.2 Å². The lowest BCUT2D eigenvalue weighted by molar-refractivity contribution is 0.0591. The number of pyridine rings is 1. The van der Waals surface area contributed by atoms with Crippen LogP contribution >= 0.6 is 0 Å². The van der Waals surface area contributed by atoms with Gasteiger partial charge in [0.1, 0.15) is 5.69 Å². The van der Waals surface area contributed by atoms with E-state index in [0.717, 1.165) is 38.0 Å². The van der Waals surface area contributed by atoms with Gasteiger partial charge in [-0.1, -0.05) is 5.16 Å². The van der Waals surface area contributed by atoms with Crippen LogP contribution in [0.3, 0.4) is 0 Å². The number of amides is 1. The van der Waals surface area contributed by atoms with Gasteiger partial charge in [0.15, 0.2) is 5.82 Å². The van der Waals surface area contributed by atoms with Gasteiger partial charge >= 0.3 is 0 Å². The average Bonchev–Trinajstić information content (AvgIpc) is 3.35. The zero-order chi connectivity index (χ0) is 16.4. The van der Waals surface area contributed by atoms with Gasteiger partial charge in [0.2, 0.25) is 6.39 Å². The van der Waals surface area contributed by atoms with Crippen molar-refractivity contribution in [2.24, 2.45) is 0 Å². The van der Waals surface area contributed by atoms with Crippen LogP contribution in [-0.4, -0.2) is 45.6 Å². The first-order valence-electron chi connectivity index (χ1n) is 8.61. The van der Waals surface area contributed by atoms with Crippen molar-refractivity contribution in [2.45, 2.75) is 38.1 Å². The Morgan fingerprint density at radius 3 is 2.75 bits per heavy atom. The van der Waals surface area contributed by atoms with Crippen LogP contribution in [-0.2, 0) is 0 Å². The normalized spacial score (nSPS) is 21.2. The van der Waals surface area contributed by atoms with E-state index in [0.29, 0.717) is 18.1 Å². The fraction of sp³-hybridized carbons (Fsp3) is 0.529. The highest BCUT2D eigenvalue weighted by Gasteiger charge is 2.32. The quantitative estimate of drug-likeness (QED) is 0.862. The SMILES string of the molecule is O=C(c1cc(N2CCCC2)ccn1)N1CCCCC1c1ncon1. The van der Waals surface area contributed by atoms with Crippen molar-refractivity contribution in [3.05, 3.63) is 36.2 Å². The highest BCUT2D eigenvalue weighted by atomic mass is 16.5. The fourth-order valence-electron chi connectivity index (χ4n) is 3.62. The molecule has 1 unspecified atom stereocenters. The molecule has 2 aromatic rings. The molecule has 0 spiro atoms. The number of carbonyl (C=O) groups excluding carboxylic acids is 1. The van der Waals surface area contributed by atoms with Gasteiger partial charge in [0.25, 0.3) is 5.91 Å². The summed E-state index contributed by atoms with van der Waals surface area (Å²) in [6.45, 7) is 2.80. The van der Waals surface area contributed by atoms with Crippen molar-refractivity contribution in [3.63, 3.8) is 0 Å². The summed E-state index contributed by atoms with van der Waals surface area (Å²) in [6.07, 6.45) is 8.37. The van der Waals surface area contributed by atoms with E-state index in [1.807, 2.05) is 17.0 Å². The summed E-state index contributed by atoms with van der Waals surface area (Å²) in [5.74, 6) is 0.532. The van der Waals surface area contributed by atoms with Gasteiger partial charge in [-0.05, 0) is 44.2 Å². The molecule has 4 heterocycles. The van der Waals surface area contributed by atoms with Crippen LogP contribution in [0, 0.1) is 0 Å². The number of hydrogen-bond donors (Lipinski definition) is 0. The van der Waals surface area contributed by atoms with Crippen molar-refractivity contribution < 1.29 is 9.32 Å². The van der Waals surface area contributed by atoms with Gasteiger partial charge in [-0.25, -0.2) is 0 Å². The van der Waals surface area contributed by atoms with Crippen LogP contribution in [0.1, 0.15) is 54.5 Å². The molecular weight excluding hydrogens is 306 g/mol. The van der Waals surface area contributed by atoms with Crippen molar-refractivity contribution in [3.8, 4) is 0 Å². The van der Waals surface area contributed by atoms with Gasteiger partial charge in [-0.2, -0.15) is 4.98 Å². The van der Waals surface area contributed by atoms with Gasteiger partial charge in [0, 0.05) is 31.5 Å². The summed E-state index contributed by atoms with van der Waals surface area (Å²) in [6, 6.07) is 3.77. The number of nitrogens with zero attached hydrogens (tertiary/aromatic N) is 5. The molecule has 2 saturated heterocycles. The summed E-state index contributed by atoms with van der Waals surface area (Å²) in [5.41, 5.74) is 1.58. The Hall–Kier alpha value is -2.44. The van der Waals surface area contributed by atoms with E-state index >= 15 is 0 Å². The molecule has 0 radical (unpaired) electrons. The largest absolute Gasteiger partial charge is 0.371 e. The van der Waals surface area contributed by atoms with Gasteiger partial charge in [-0.15, -0.1) is 0 Å². The number of hydrogen-bond acceptors (Lipinski definition) is 6. The third kappa shape index (κ3) is 2.86. The van der Waals surface area contributed by atoms with Crippen molar-refractivity contribution in [1.82, 2.24) is 20.0 Å². The lowest BCUT2D eigenvalue weighted by Crippen LogP contribution is -2.39. The average molecular weight is 327 g/mol. The van der Waals surface area contributed by atoms with Gasteiger partial charge in [0.05, 0.1) is 6.04 Å². The maximum atomic E-state index is 13.0. The molecule has 2 aliphatic rings. The summed E-state index contributed by atoms with van der Waals surface area (Å²) in [7, 11) is 0. The smallest absolute Gasteiger partial charge is 0.273 e. The molecule has 0 aromatic carbocycles. The molecule has 4 rings (SSSR count). The highest BCUT2D eigenvalue weighted by Crippen LogP contribution is 2.30. The third-order valence-corrected chi connectivity index (χ3v) is 4.87. The highest BCUT2D eigenvalue weighted by molar-refractivity contribution is 5.93. The minimum absolute atomic E-state index is 0.0504. The standard InChI is InChI=1S/C17H21N5O2/c23-17(14-11-13(6-7-18-14)21-8-3-4-9-21)22-10-2-1-5-15(22)16-19-12-24-20-16/h6-7,11-12,15H,1-5,8-10H2. The predicted molar refractivity (Wildman–Crippen MR) is 87.6 cm³/mol. The Kier molecular flexibility index (Phi) is 4.15. The Morgan fingerprint density at radius 1 is 1.12 bits per heavy atom. The maximum Gasteiger partial charge on any atom is 0.273 e. The Bertz CT molecular complexity index is 697. The zero-order valence-electron chi connectivity index (χ0n) is 13.6. The van der Waals surface area contributed by atoms with Gasteiger partial charge < -0.3 is 14.3 Å². The number of piperidine rings is 1. The molecule has 1 atom stereocenters. The van der Waals surface area contributed by atoms with Crippen LogP contribution in [0.4, 0.5) is 5.69 Å². The van der Waals surface area contributed by atoms with Gasteiger partial charge in [-0.3, -0.25) is 9.78 Å². The van der Waals surface area contributed by atoms with Crippen LogP contribution in [0.25, 0.3) is 0 Å². The van der Waals surface area contributed by atoms with E-state index < -0.39 is 0 Å². The molecule has 0 N–H and O–H groups in total. The van der Waals surface area contributed by atoms with Crippen LogP contribution < -0.4 is 4.90 Å². The molecule has 0 aliphatic carbocycles. The van der Waals surface area contributed by atoms with Crippen molar-refractivity contribution in [2.75, 3.05) is 24.5 Å². The first-order chi connectivity index (χ1) is 11.8. The molecule has 2 aliphatic heterocycles. The first kappa shape index (κ1) is 15.1. The number of anilines is 1. The molecule has 0 saturated carbocycles. The van der Waals surface area contributed by atoms with E-state index in [-0.39, 0.29) is 11.9 Å². The van der Waals surface area contributed by atoms with Crippen molar-refractivity contribution in [1.29, 1.82) is 0 Å². The minimum atomic E-state index is -0.123. The molecule has 0 bridgehead atoms. The lowest BCUT2D eigenvalue weighted by atomic mass is 10.0. The molecule has 1 amide bonds. The fourth-order valence-corrected chi connectivity index (χ4v) is 3.62. The first-order valence-corrected chi connectivity index (χ1v) is 8.61. The predicted octanol–water partition coefficient (Wildman–Crippen LogP) is 2.43. The Morgan fingerprint density at radius 2 is 1.96 bits per heavy atom. The molecule has 2 fully saturated rings. The second kappa shape index (κ2) is 6.59. The third-order valence-electron chi connectivity index (χ3n) is 4.87. The second-order valence-electron chi connectivity index (χ2n) is 6.39. The number of aromatic nitrogens is 3. The summed E-state index contributed by atoms with van der Waals surface area (Å²) < 4.78 is 4.87. The summed E-state index contributed by atoms with van der Waals surface area (Å²) in [5, 5.41) is 3.94. The topological polar surface area (TPSA) is 75.4 Å². The molecule has 7 nitrogen and oxygen atoms in total. The Labute approximate surface area is 140 Å². The zero-order valence-corrected chi connectivity index (χ0v) is 13.6. The number of carbonyl (C=O) groups is 1. The molecule has 24 heavy (non-hydrogen) atoms.